The molecule has 0 heterocycles. The van der Waals surface area contributed by atoms with Crippen molar-refractivity contribution in [3.8, 4) is 5.75 Å². The van der Waals surface area contributed by atoms with E-state index in [1.54, 1.807) is 0 Å². The predicted molar refractivity (Wildman–Crippen MR) is 57.6 cm³/mol. The average molecular weight is 256 g/mol. The quantitative estimate of drug-likeness (QED) is 0.823. The Kier molecular flexibility index (Phi) is 2.65. The summed E-state index contributed by atoms with van der Waals surface area (Å²) in [5.41, 5.74) is -1.16. The fourth-order valence-corrected chi connectivity index (χ4v) is 1.65. The molecule has 0 saturated heterocycles. The Labute approximate surface area is 99.1 Å². The molecule has 0 saturated carbocycles. The van der Waals surface area contributed by atoms with Crippen molar-refractivity contribution < 1.29 is 28.2 Å². The summed E-state index contributed by atoms with van der Waals surface area (Å²) in [7, 11) is 0. The highest BCUT2D eigenvalue weighted by atomic mass is 19.4. The molecule has 0 aliphatic heterocycles. The summed E-state index contributed by atoms with van der Waals surface area (Å²) in [4.78, 5) is 10.7. The number of aromatic carboxylic acids is 1. The van der Waals surface area contributed by atoms with Gasteiger partial charge in [0.05, 0.1) is 11.1 Å². The van der Waals surface area contributed by atoms with Gasteiger partial charge in [-0.3, -0.25) is 0 Å². The zero-order valence-corrected chi connectivity index (χ0v) is 8.82. The number of phenolic OH excluding ortho intramolecular Hbond substituents is 1. The van der Waals surface area contributed by atoms with Gasteiger partial charge in [0.15, 0.2) is 0 Å². The van der Waals surface area contributed by atoms with Crippen LogP contribution in [0, 0.1) is 0 Å². The third-order valence-electron chi connectivity index (χ3n) is 2.51. The van der Waals surface area contributed by atoms with Gasteiger partial charge >= 0.3 is 12.1 Å². The van der Waals surface area contributed by atoms with Crippen LogP contribution in [0.4, 0.5) is 13.2 Å². The van der Waals surface area contributed by atoms with E-state index >= 15 is 0 Å². The van der Waals surface area contributed by atoms with Crippen LogP contribution in [-0.2, 0) is 6.18 Å². The molecule has 0 spiro atoms. The Morgan fingerprint density at radius 2 is 1.78 bits per heavy atom. The number of carboxylic acid groups (broad SMARTS) is 1. The lowest BCUT2D eigenvalue weighted by Crippen LogP contribution is -2.04. The van der Waals surface area contributed by atoms with Crippen molar-refractivity contribution in [1.82, 2.24) is 0 Å². The van der Waals surface area contributed by atoms with Gasteiger partial charge < -0.3 is 10.2 Å². The Balaban J connectivity index is 2.72. The fourth-order valence-electron chi connectivity index (χ4n) is 1.65. The van der Waals surface area contributed by atoms with Crippen LogP contribution in [0.1, 0.15) is 15.9 Å². The van der Waals surface area contributed by atoms with Crippen LogP contribution in [0.3, 0.4) is 0 Å². The number of aromatic hydroxyl groups is 1. The Hall–Kier alpha value is -2.24. The van der Waals surface area contributed by atoms with Crippen LogP contribution < -0.4 is 0 Å². The molecule has 0 aliphatic rings. The molecule has 0 aromatic heterocycles. The van der Waals surface area contributed by atoms with Crippen molar-refractivity contribution in [1.29, 1.82) is 0 Å². The summed E-state index contributed by atoms with van der Waals surface area (Å²) in [6, 6.07) is 4.84. The fraction of sp³-hybridized carbons (Fsp3) is 0.0833. The van der Waals surface area contributed by atoms with Gasteiger partial charge in [0.1, 0.15) is 5.75 Å². The standard InChI is InChI=1S/C12H7F3O3/c13-12(14,15)8-1-2-9-6(4-8)3-7(11(17)18)5-10(9)16/h1-5,16H,(H,17,18). The molecule has 0 amide bonds. The van der Waals surface area contributed by atoms with Gasteiger partial charge in [-0.25, -0.2) is 4.79 Å². The third-order valence-corrected chi connectivity index (χ3v) is 2.51. The monoisotopic (exact) mass is 256 g/mol. The van der Waals surface area contributed by atoms with Gasteiger partial charge in [-0.05, 0) is 29.7 Å². The minimum absolute atomic E-state index is 0.0298. The first-order valence-electron chi connectivity index (χ1n) is 4.86. The molecule has 0 atom stereocenters. The van der Waals surface area contributed by atoms with Crippen LogP contribution in [0.2, 0.25) is 0 Å². The van der Waals surface area contributed by atoms with E-state index in [4.69, 9.17) is 5.11 Å². The summed E-state index contributed by atoms with van der Waals surface area (Å²) in [5.74, 6) is -1.68. The second-order valence-electron chi connectivity index (χ2n) is 3.73. The average Bonchev–Trinajstić information content (AvgIpc) is 2.26. The van der Waals surface area contributed by atoms with Gasteiger partial charge in [0, 0.05) is 5.39 Å². The maximum absolute atomic E-state index is 12.5. The SMILES string of the molecule is O=C(O)c1cc(O)c2ccc(C(F)(F)F)cc2c1. The van der Waals surface area contributed by atoms with Gasteiger partial charge in [-0.15, -0.1) is 0 Å². The predicted octanol–water partition coefficient (Wildman–Crippen LogP) is 3.26. The lowest BCUT2D eigenvalue weighted by atomic mass is 10.0. The molecule has 2 aromatic rings. The number of phenols is 1. The number of halogens is 3. The maximum Gasteiger partial charge on any atom is 0.416 e. The van der Waals surface area contributed by atoms with E-state index in [1.165, 1.54) is 0 Å². The smallest absolute Gasteiger partial charge is 0.416 e. The minimum atomic E-state index is -4.51. The van der Waals surface area contributed by atoms with E-state index in [9.17, 15) is 23.1 Å². The van der Waals surface area contributed by atoms with Crippen LogP contribution in [0.15, 0.2) is 30.3 Å². The number of fused-ring (bicyclic) bond motifs is 1. The molecule has 0 unspecified atom stereocenters. The van der Waals surface area contributed by atoms with Crippen molar-refractivity contribution in [2.24, 2.45) is 0 Å². The van der Waals surface area contributed by atoms with E-state index in [1.807, 2.05) is 0 Å². The van der Waals surface area contributed by atoms with E-state index in [0.29, 0.717) is 0 Å². The molecule has 0 fully saturated rings. The molecule has 18 heavy (non-hydrogen) atoms. The van der Waals surface area contributed by atoms with Gasteiger partial charge in [0.2, 0.25) is 0 Å². The second-order valence-corrected chi connectivity index (χ2v) is 3.73. The molecule has 0 bridgehead atoms. The molecule has 0 aliphatic carbocycles. The Morgan fingerprint density at radius 3 is 2.33 bits per heavy atom. The molecule has 2 N–H and O–H groups in total. The molecule has 3 nitrogen and oxygen atoms in total. The van der Waals surface area contributed by atoms with Crippen molar-refractivity contribution in [3.63, 3.8) is 0 Å². The maximum atomic E-state index is 12.5. The number of carboxylic acids is 1. The summed E-state index contributed by atoms with van der Waals surface area (Å²) in [5, 5.41) is 18.5. The highest BCUT2D eigenvalue weighted by Crippen LogP contribution is 2.34. The molecule has 2 aromatic carbocycles. The molecular weight excluding hydrogens is 249 g/mol. The Bertz CT molecular complexity index is 632. The van der Waals surface area contributed by atoms with Crippen LogP contribution in [0.5, 0.6) is 5.75 Å². The third kappa shape index (κ3) is 2.09. The van der Waals surface area contributed by atoms with Crippen molar-refractivity contribution in [2.75, 3.05) is 0 Å². The van der Waals surface area contributed by atoms with E-state index < -0.39 is 17.7 Å². The zero-order valence-electron chi connectivity index (χ0n) is 8.82. The minimum Gasteiger partial charge on any atom is -0.507 e. The zero-order chi connectivity index (χ0) is 13.5. The lowest BCUT2D eigenvalue weighted by molar-refractivity contribution is -0.137. The normalized spacial score (nSPS) is 11.7. The van der Waals surface area contributed by atoms with Crippen molar-refractivity contribution in [3.05, 3.63) is 41.5 Å². The van der Waals surface area contributed by atoms with Crippen LogP contribution in [-0.4, -0.2) is 16.2 Å². The summed E-state index contributed by atoms with van der Waals surface area (Å²) < 4.78 is 37.5. The molecular formula is C12H7F3O3. The summed E-state index contributed by atoms with van der Waals surface area (Å²) in [6.07, 6.45) is -4.51. The molecule has 6 heteroatoms. The van der Waals surface area contributed by atoms with Gasteiger partial charge in [-0.2, -0.15) is 13.2 Å². The first kappa shape index (κ1) is 12.2. The van der Waals surface area contributed by atoms with E-state index in [0.717, 1.165) is 30.3 Å². The number of hydrogen-bond acceptors (Lipinski definition) is 2. The molecule has 94 valence electrons. The number of rotatable bonds is 1. The number of hydrogen-bond donors (Lipinski definition) is 2. The van der Waals surface area contributed by atoms with Crippen LogP contribution in [0.25, 0.3) is 10.8 Å². The van der Waals surface area contributed by atoms with Crippen LogP contribution >= 0.6 is 0 Å². The van der Waals surface area contributed by atoms with E-state index in [2.05, 4.69) is 0 Å². The highest BCUT2D eigenvalue weighted by Gasteiger charge is 2.30. The van der Waals surface area contributed by atoms with Gasteiger partial charge in [-0.1, -0.05) is 6.07 Å². The second kappa shape index (κ2) is 3.90. The first-order valence-corrected chi connectivity index (χ1v) is 4.86. The number of alkyl halides is 3. The highest BCUT2D eigenvalue weighted by molar-refractivity contribution is 5.97. The number of carbonyl (C=O) groups is 1. The summed E-state index contributed by atoms with van der Waals surface area (Å²) in [6.45, 7) is 0. The topological polar surface area (TPSA) is 57.5 Å². The van der Waals surface area contributed by atoms with E-state index in [-0.39, 0.29) is 22.1 Å². The van der Waals surface area contributed by atoms with Crippen molar-refractivity contribution in [2.45, 2.75) is 6.18 Å². The molecule has 0 radical (unpaired) electrons. The summed E-state index contributed by atoms with van der Waals surface area (Å²) >= 11 is 0. The Morgan fingerprint density at radius 1 is 1.11 bits per heavy atom. The van der Waals surface area contributed by atoms with Crippen molar-refractivity contribution >= 4 is 16.7 Å². The number of benzene rings is 2. The first-order chi connectivity index (χ1) is 8.29. The molecule has 2 rings (SSSR count). The van der Waals surface area contributed by atoms with Gasteiger partial charge in [0.25, 0.3) is 0 Å². The lowest BCUT2D eigenvalue weighted by Gasteiger charge is -2.09. The largest absolute Gasteiger partial charge is 0.507 e.